The van der Waals surface area contributed by atoms with Crippen LogP contribution in [-0.4, -0.2) is 45.1 Å². The minimum atomic E-state index is -3.82. The zero-order valence-corrected chi connectivity index (χ0v) is 23.2. The van der Waals surface area contributed by atoms with E-state index in [-0.39, 0.29) is 29.4 Å². The molecule has 0 spiro atoms. The Hall–Kier alpha value is -2.42. The lowest BCUT2D eigenvalue weighted by Crippen LogP contribution is -2.41. The monoisotopic (exact) mass is 530 g/mol. The number of hydrogen-bond donors (Lipinski definition) is 0. The topological polar surface area (TPSA) is 74.8 Å². The summed E-state index contributed by atoms with van der Waals surface area (Å²) >= 11 is 0. The highest BCUT2D eigenvalue weighted by molar-refractivity contribution is 7.89. The number of unbranched alkanes of at least 4 members (excludes halogenated alkanes) is 4. The summed E-state index contributed by atoms with van der Waals surface area (Å²) in [6, 6.07) is 13.6. The average molecular weight is 531 g/mol. The Balaban J connectivity index is 1.94. The summed E-state index contributed by atoms with van der Waals surface area (Å²) < 4.78 is 57.1. The minimum Gasteiger partial charge on any atom is -0.266 e. The maximum absolute atomic E-state index is 13.7. The van der Waals surface area contributed by atoms with E-state index in [1.807, 2.05) is 19.9 Å². The van der Waals surface area contributed by atoms with Crippen molar-refractivity contribution in [3.8, 4) is 0 Å². The van der Waals surface area contributed by atoms with Gasteiger partial charge < -0.3 is 0 Å². The van der Waals surface area contributed by atoms with Gasteiger partial charge in [-0.05, 0) is 62.9 Å². The second-order valence-electron chi connectivity index (χ2n) is 9.44. The predicted molar refractivity (Wildman–Crippen MR) is 146 cm³/mol. The second-order valence-corrected chi connectivity index (χ2v) is 13.2. The van der Waals surface area contributed by atoms with Gasteiger partial charge >= 0.3 is 0 Å². The molecule has 8 heteroatoms. The van der Waals surface area contributed by atoms with Gasteiger partial charge in [-0.25, -0.2) is 16.8 Å². The van der Waals surface area contributed by atoms with Crippen LogP contribution in [0.15, 0.2) is 82.2 Å². The smallest absolute Gasteiger partial charge is 0.264 e. The van der Waals surface area contributed by atoms with Gasteiger partial charge in [0.05, 0.1) is 15.5 Å². The molecule has 3 rings (SSSR count). The van der Waals surface area contributed by atoms with E-state index in [9.17, 15) is 16.8 Å². The molecule has 196 valence electrons. The van der Waals surface area contributed by atoms with Crippen molar-refractivity contribution in [1.82, 2.24) is 8.61 Å². The molecule has 0 atom stereocenters. The number of nitrogens with zero attached hydrogens (tertiary/aromatic N) is 2. The average Bonchev–Trinajstić information content (AvgIpc) is 2.83. The first-order chi connectivity index (χ1) is 17.1. The molecule has 0 radical (unpaired) electrons. The fourth-order valence-electron chi connectivity index (χ4n) is 4.27. The number of hydrogen-bond acceptors (Lipinski definition) is 4. The number of allylic oxidation sites excluding steroid dienone is 1. The van der Waals surface area contributed by atoms with Crippen LogP contribution in [0.3, 0.4) is 0 Å². The van der Waals surface area contributed by atoms with Crippen LogP contribution in [0.1, 0.15) is 56.6 Å². The fraction of sp³-hybridized carbons (Fsp3) is 0.429. The molecule has 0 N–H and O–H groups in total. The predicted octanol–water partition coefficient (Wildman–Crippen LogP) is 5.80. The molecule has 0 saturated carbocycles. The van der Waals surface area contributed by atoms with Crippen LogP contribution in [0.25, 0.3) is 0 Å². The van der Waals surface area contributed by atoms with Crippen LogP contribution < -0.4 is 0 Å². The summed E-state index contributed by atoms with van der Waals surface area (Å²) in [6.45, 7) is 10.6. The molecule has 0 aromatic heterocycles. The van der Waals surface area contributed by atoms with Crippen molar-refractivity contribution in [3.63, 3.8) is 0 Å². The van der Waals surface area contributed by atoms with Gasteiger partial charge in [0.15, 0.2) is 0 Å². The Bertz CT molecular complexity index is 1280. The summed E-state index contributed by atoms with van der Waals surface area (Å²) in [7, 11) is -7.56. The first-order valence-electron chi connectivity index (χ1n) is 12.6. The van der Waals surface area contributed by atoms with Crippen LogP contribution in [-0.2, 0) is 20.0 Å². The second kappa shape index (κ2) is 12.2. The zero-order chi connectivity index (χ0) is 26.3. The van der Waals surface area contributed by atoms with E-state index in [0.717, 1.165) is 36.8 Å². The zero-order valence-electron chi connectivity index (χ0n) is 21.6. The van der Waals surface area contributed by atoms with Gasteiger partial charge in [0.1, 0.15) is 0 Å². The molecule has 0 amide bonds. The quantitative estimate of drug-likeness (QED) is 0.384. The van der Waals surface area contributed by atoms with Crippen LogP contribution in [0.2, 0.25) is 0 Å². The van der Waals surface area contributed by atoms with E-state index in [2.05, 4.69) is 13.5 Å². The van der Waals surface area contributed by atoms with E-state index in [4.69, 9.17) is 0 Å². The summed E-state index contributed by atoms with van der Waals surface area (Å²) in [5, 5.41) is 0. The summed E-state index contributed by atoms with van der Waals surface area (Å²) in [5.41, 5.74) is 2.94. The standard InChI is InChI=1S/C28H38N2O4S2/c1-5-6-7-8-9-11-28-25(4)22-29(35(31,32)26-16-12-23(2)13-17-26)20-10-21-30(28)36(33,34)27-18-14-24(3)15-19-27/h11-19H,4-10,20-22H2,1-3H3/b28-11+. The molecule has 1 heterocycles. The Kier molecular flexibility index (Phi) is 9.55. The Morgan fingerprint density at radius 1 is 0.806 bits per heavy atom. The van der Waals surface area contributed by atoms with Crippen molar-refractivity contribution in [2.75, 3.05) is 19.6 Å². The number of aryl methyl sites for hydroxylation is 2. The van der Waals surface area contributed by atoms with Crippen LogP contribution in [0, 0.1) is 13.8 Å². The highest BCUT2D eigenvalue weighted by Gasteiger charge is 2.33. The van der Waals surface area contributed by atoms with Crippen molar-refractivity contribution in [2.45, 2.75) is 69.1 Å². The van der Waals surface area contributed by atoms with Crippen molar-refractivity contribution < 1.29 is 16.8 Å². The van der Waals surface area contributed by atoms with Gasteiger partial charge in [-0.15, -0.1) is 0 Å². The Morgan fingerprint density at radius 3 is 1.92 bits per heavy atom. The molecule has 2 aromatic carbocycles. The third-order valence-electron chi connectivity index (χ3n) is 6.43. The fourth-order valence-corrected chi connectivity index (χ4v) is 7.31. The third kappa shape index (κ3) is 6.66. The molecule has 2 aromatic rings. The lowest BCUT2D eigenvalue weighted by atomic mass is 10.1. The van der Waals surface area contributed by atoms with Crippen LogP contribution >= 0.6 is 0 Å². The van der Waals surface area contributed by atoms with Gasteiger partial charge in [-0.3, -0.25) is 4.31 Å². The highest BCUT2D eigenvalue weighted by Crippen LogP contribution is 2.30. The van der Waals surface area contributed by atoms with Crippen molar-refractivity contribution in [2.24, 2.45) is 0 Å². The maximum atomic E-state index is 13.7. The molecule has 0 unspecified atom stereocenters. The lowest BCUT2D eigenvalue weighted by molar-refractivity contribution is 0.376. The number of benzene rings is 2. The minimum absolute atomic E-state index is 0.0386. The van der Waals surface area contributed by atoms with Gasteiger partial charge in [-0.1, -0.05) is 74.2 Å². The SMILES string of the molecule is C=C1CN(S(=O)(=O)c2ccc(C)cc2)CCCN(S(=O)(=O)c2ccc(C)cc2)/C1=C/CCCCCC. The molecule has 6 nitrogen and oxygen atoms in total. The molecular formula is C28H38N2O4S2. The molecular weight excluding hydrogens is 492 g/mol. The van der Waals surface area contributed by atoms with E-state index < -0.39 is 20.0 Å². The number of rotatable bonds is 9. The van der Waals surface area contributed by atoms with E-state index in [1.165, 1.54) is 8.61 Å². The third-order valence-corrected chi connectivity index (χ3v) is 10.1. The van der Waals surface area contributed by atoms with Gasteiger partial charge in [0.25, 0.3) is 10.0 Å². The Morgan fingerprint density at radius 2 is 1.36 bits per heavy atom. The highest BCUT2D eigenvalue weighted by atomic mass is 32.2. The largest absolute Gasteiger partial charge is 0.266 e. The maximum Gasteiger partial charge on any atom is 0.264 e. The molecule has 1 fully saturated rings. The van der Waals surface area contributed by atoms with Crippen LogP contribution in [0.5, 0.6) is 0 Å². The lowest BCUT2D eigenvalue weighted by Gasteiger charge is -2.34. The summed E-state index contributed by atoms with van der Waals surface area (Å²) in [4.78, 5) is 0.457. The first kappa shape index (κ1) is 28.2. The number of sulfonamides is 2. The summed E-state index contributed by atoms with van der Waals surface area (Å²) in [6.07, 6.45) is 7.24. The van der Waals surface area contributed by atoms with E-state index in [0.29, 0.717) is 24.1 Å². The molecule has 36 heavy (non-hydrogen) atoms. The first-order valence-corrected chi connectivity index (χ1v) is 15.5. The normalized spacial score (nSPS) is 17.2. The molecule has 0 bridgehead atoms. The van der Waals surface area contributed by atoms with Gasteiger partial charge in [-0.2, -0.15) is 4.31 Å². The van der Waals surface area contributed by atoms with Gasteiger partial charge in [0.2, 0.25) is 10.0 Å². The van der Waals surface area contributed by atoms with Crippen LogP contribution in [0.4, 0.5) is 0 Å². The molecule has 1 aliphatic heterocycles. The summed E-state index contributed by atoms with van der Waals surface area (Å²) in [5.74, 6) is 0. The molecule has 1 aliphatic rings. The van der Waals surface area contributed by atoms with Crippen molar-refractivity contribution >= 4 is 20.0 Å². The molecule has 1 saturated heterocycles. The Labute approximate surface area is 217 Å². The van der Waals surface area contributed by atoms with Crippen molar-refractivity contribution in [1.29, 1.82) is 0 Å². The van der Waals surface area contributed by atoms with Crippen molar-refractivity contribution in [3.05, 3.63) is 83.6 Å². The van der Waals surface area contributed by atoms with E-state index >= 15 is 0 Å². The molecule has 0 aliphatic carbocycles. The van der Waals surface area contributed by atoms with E-state index in [1.54, 1.807) is 48.5 Å². The van der Waals surface area contributed by atoms with Gasteiger partial charge in [0, 0.05) is 19.6 Å².